The molecule has 284 valence electrons. The molecule has 2 heterocycles. The number of likely N-dealkylation sites (tertiary alicyclic amines) is 2. The number of halogens is 3. The first kappa shape index (κ1) is 37.7. The topological polar surface area (TPSA) is 54.2 Å². The minimum absolute atomic E-state index is 0.173. The average Bonchev–Trinajstić information content (AvgIpc) is 3.99. The van der Waals surface area contributed by atoms with E-state index in [9.17, 15) is 21.6 Å². The molecule has 2 aromatic rings. The molecule has 2 saturated carbocycles. The predicted molar refractivity (Wildman–Crippen MR) is 200 cm³/mol. The van der Waals surface area contributed by atoms with Crippen molar-refractivity contribution in [3.8, 4) is 5.75 Å². The maximum Gasteiger partial charge on any atom is 0.534 e. The maximum atomic E-state index is 12.9. The molecule has 10 heteroatoms. The summed E-state index contributed by atoms with van der Waals surface area (Å²) in [4.78, 5) is 9.23. The molecule has 6 atom stereocenters. The van der Waals surface area contributed by atoms with Crippen molar-refractivity contribution >= 4 is 15.8 Å². The van der Waals surface area contributed by atoms with Gasteiger partial charge in [-0.3, -0.25) is 9.80 Å². The summed E-state index contributed by atoms with van der Waals surface area (Å²) < 4.78 is 66.6. The van der Waals surface area contributed by atoms with Gasteiger partial charge in [-0.15, -0.1) is 0 Å². The van der Waals surface area contributed by atoms with Crippen LogP contribution in [0.15, 0.2) is 12.1 Å². The second kappa shape index (κ2) is 13.0. The Morgan fingerprint density at radius 3 is 1.67 bits per heavy atom. The average molecular weight is 740 g/mol. The zero-order valence-corrected chi connectivity index (χ0v) is 33.0. The summed E-state index contributed by atoms with van der Waals surface area (Å²) in [5.41, 5.74) is 4.01. The second-order valence-electron chi connectivity index (χ2n) is 17.8. The van der Waals surface area contributed by atoms with Crippen LogP contribution in [0.25, 0.3) is 4.85 Å². The van der Waals surface area contributed by atoms with Crippen molar-refractivity contribution in [1.82, 2.24) is 9.80 Å². The number of alkyl halides is 3. The Labute approximate surface area is 309 Å². The Balaban J connectivity index is 0.000000166. The molecule has 4 aliphatic carbocycles. The number of fused-ring (bicyclic) bond motifs is 8. The fourth-order valence-corrected chi connectivity index (χ4v) is 11.6. The fraction of sp³-hybridized carbons (Fsp3) is 0.690. The van der Waals surface area contributed by atoms with Gasteiger partial charge < -0.3 is 4.18 Å². The molecule has 2 aliphatic heterocycles. The largest absolute Gasteiger partial charge is 0.534 e. The number of hydrogen-bond acceptors (Lipinski definition) is 5. The summed E-state index contributed by atoms with van der Waals surface area (Å²) in [6.07, 6.45) is 9.66. The minimum atomic E-state index is -5.70. The Morgan fingerprint density at radius 1 is 0.808 bits per heavy atom. The van der Waals surface area contributed by atoms with Crippen LogP contribution in [0.5, 0.6) is 5.75 Å². The monoisotopic (exact) mass is 739 g/mol. The van der Waals surface area contributed by atoms with Crippen LogP contribution in [0.3, 0.4) is 0 Å². The molecular formula is C42H56F3N3O3S. The third-order valence-corrected chi connectivity index (χ3v) is 15.5. The van der Waals surface area contributed by atoms with Gasteiger partial charge in [0.25, 0.3) is 0 Å². The molecular weight excluding hydrogens is 684 g/mol. The van der Waals surface area contributed by atoms with Crippen LogP contribution in [0.4, 0.5) is 18.9 Å². The summed E-state index contributed by atoms with van der Waals surface area (Å²) >= 11 is 0. The van der Waals surface area contributed by atoms with Crippen molar-refractivity contribution in [1.29, 1.82) is 0 Å². The highest BCUT2D eigenvalue weighted by Crippen LogP contribution is 2.54. The van der Waals surface area contributed by atoms with Crippen LogP contribution in [-0.4, -0.2) is 62.0 Å². The summed E-state index contributed by atoms with van der Waals surface area (Å²) in [6, 6.07) is 5.26. The van der Waals surface area contributed by atoms with E-state index >= 15 is 0 Å². The Kier molecular flexibility index (Phi) is 9.43. The molecule has 0 N–H and O–H groups in total. The van der Waals surface area contributed by atoms with Gasteiger partial charge in [0.2, 0.25) is 0 Å². The quantitative estimate of drug-likeness (QED) is 0.168. The molecule has 0 radical (unpaired) electrons. The summed E-state index contributed by atoms with van der Waals surface area (Å²) in [5.74, 6) is 2.62. The van der Waals surface area contributed by atoms with Crippen molar-refractivity contribution in [2.24, 2.45) is 23.7 Å². The Bertz CT molecular complexity index is 1910. The van der Waals surface area contributed by atoms with E-state index in [0.29, 0.717) is 35.0 Å². The van der Waals surface area contributed by atoms with Crippen LogP contribution in [0, 0.1) is 57.9 Å². The van der Waals surface area contributed by atoms with Crippen LogP contribution < -0.4 is 4.18 Å². The van der Waals surface area contributed by atoms with Gasteiger partial charge in [0.05, 0.1) is 6.57 Å². The smallest absolute Gasteiger partial charge is 0.375 e. The highest BCUT2D eigenvalue weighted by atomic mass is 32.2. The standard InChI is InChI=1S/C21H28F3NO3S.C21H28N2/c1-12-9-16-10-17-14(3)20(4,7-8-25(17)11-15-5-6-15)18(16)13(2)19(12)28-29(26,27)21(22,23)24;1-13-10-17-11-18-15(3)21(4,19(17)14(2)20(13)22-5)8-9-23(18)12-16-6-7-16/h9,14-15,17H,5-8,10-11H2,1-4H3;10,15-16,18H,6-9,11-12H2,1-4H3/t14-,17?,20-;15-,18?,21-/m00/s1. The first-order chi connectivity index (χ1) is 24.3. The van der Waals surface area contributed by atoms with Crippen LogP contribution >= 0.6 is 0 Å². The molecule has 52 heavy (non-hydrogen) atoms. The van der Waals surface area contributed by atoms with Gasteiger partial charge in [-0.2, -0.15) is 21.6 Å². The van der Waals surface area contributed by atoms with Gasteiger partial charge in [0.15, 0.2) is 5.69 Å². The molecule has 4 bridgehead atoms. The SMILES string of the molecule is Cc1cc2c(c(C)c1OS(=O)(=O)C(F)(F)F)[C@@]1(C)CCN(CC3CC3)C(C2)[C@@H]1C.[C-]#[N+]c1c(C)cc2c(c1C)[C@@]1(C)CCN(CC3CC3)C(C2)[C@@H]1C. The van der Waals surface area contributed by atoms with E-state index in [1.807, 2.05) is 6.07 Å². The normalized spacial score (nSPS) is 31.5. The number of nitrogens with zero attached hydrogens (tertiary/aromatic N) is 3. The zero-order valence-electron chi connectivity index (χ0n) is 32.2. The fourth-order valence-electron chi connectivity index (χ4n) is 11.0. The number of piperidine rings is 2. The molecule has 2 aromatic carbocycles. The van der Waals surface area contributed by atoms with Crippen molar-refractivity contribution in [2.75, 3.05) is 26.2 Å². The third-order valence-electron chi connectivity index (χ3n) is 14.5. The highest BCUT2D eigenvalue weighted by Gasteiger charge is 2.53. The van der Waals surface area contributed by atoms with Gasteiger partial charge in [0, 0.05) is 25.2 Å². The Hall–Kier alpha value is -2.61. The summed E-state index contributed by atoms with van der Waals surface area (Å²) in [6.45, 7) is 29.1. The molecule has 8 rings (SSSR count). The van der Waals surface area contributed by atoms with Crippen molar-refractivity contribution in [2.45, 2.75) is 135 Å². The van der Waals surface area contributed by atoms with Crippen LogP contribution in [0.2, 0.25) is 0 Å². The lowest BCUT2D eigenvalue weighted by Gasteiger charge is -2.55. The van der Waals surface area contributed by atoms with E-state index in [1.54, 1.807) is 13.8 Å². The second-order valence-corrected chi connectivity index (χ2v) is 19.3. The molecule has 6 nitrogen and oxygen atoms in total. The number of hydrogen-bond donors (Lipinski definition) is 0. The van der Waals surface area contributed by atoms with E-state index in [0.717, 1.165) is 54.6 Å². The lowest BCUT2D eigenvalue weighted by Crippen LogP contribution is -2.58. The molecule has 0 aromatic heterocycles. The highest BCUT2D eigenvalue weighted by molar-refractivity contribution is 7.88. The van der Waals surface area contributed by atoms with E-state index in [-0.39, 0.29) is 16.6 Å². The molecule has 2 unspecified atom stereocenters. The predicted octanol–water partition coefficient (Wildman–Crippen LogP) is 9.25. The van der Waals surface area contributed by atoms with E-state index in [2.05, 4.69) is 66.4 Å². The number of benzene rings is 2. The zero-order chi connectivity index (χ0) is 37.7. The van der Waals surface area contributed by atoms with Gasteiger partial charge in [-0.25, -0.2) is 4.85 Å². The molecule has 0 spiro atoms. The first-order valence-corrected chi connectivity index (χ1v) is 20.8. The number of rotatable bonds is 6. The van der Waals surface area contributed by atoms with E-state index in [4.69, 9.17) is 6.57 Å². The van der Waals surface area contributed by atoms with Crippen LogP contribution in [0.1, 0.15) is 111 Å². The van der Waals surface area contributed by atoms with Gasteiger partial charge in [-0.1, -0.05) is 39.8 Å². The minimum Gasteiger partial charge on any atom is -0.375 e. The first-order valence-electron chi connectivity index (χ1n) is 19.4. The summed E-state index contributed by atoms with van der Waals surface area (Å²) in [7, 11) is -5.70. The maximum absolute atomic E-state index is 12.9. The van der Waals surface area contributed by atoms with E-state index < -0.39 is 15.6 Å². The van der Waals surface area contributed by atoms with E-state index in [1.165, 1.54) is 73.9 Å². The van der Waals surface area contributed by atoms with Crippen molar-refractivity contribution < 1.29 is 25.8 Å². The molecule has 0 amide bonds. The lowest BCUT2D eigenvalue weighted by molar-refractivity contribution is -0.0500. The molecule has 2 saturated heterocycles. The van der Waals surface area contributed by atoms with Gasteiger partial charge in [0.1, 0.15) is 5.75 Å². The number of aryl methyl sites for hydroxylation is 2. The third kappa shape index (κ3) is 6.28. The van der Waals surface area contributed by atoms with Gasteiger partial charge >= 0.3 is 15.6 Å². The van der Waals surface area contributed by atoms with Crippen molar-refractivity contribution in [3.05, 3.63) is 68.1 Å². The van der Waals surface area contributed by atoms with Crippen molar-refractivity contribution in [3.63, 3.8) is 0 Å². The lowest BCUT2D eigenvalue weighted by atomic mass is 9.57. The summed E-state index contributed by atoms with van der Waals surface area (Å²) in [5, 5.41) is 0. The molecule has 6 aliphatic rings. The van der Waals surface area contributed by atoms with Crippen LogP contribution in [-0.2, 0) is 33.8 Å². The Morgan fingerprint density at radius 2 is 1.25 bits per heavy atom. The van der Waals surface area contributed by atoms with Gasteiger partial charge in [-0.05, 0) is 171 Å². The molecule has 4 fully saturated rings.